The van der Waals surface area contributed by atoms with Gasteiger partial charge in [0.2, 0.25) is 0 Å². The summed E-state index contributed by atoms with van der Waals surface area (Å²) < 4.78 is 0. The van der Waals surface area contributed by atoms with Gasteiger partial charge in [-0.3, -0.25) is 0 Å². The molecular formula is C23H38N2+2. The van der Waals surface area contributed by atoms with Gasteiger partial charge in [0.25, 0.3) is 0 Å². The third kappa shape index (κ3) is 8.51. The zero-order chi connectivity index (χ0) is 17.9. The van der Waals surface area contributed by atoms with E-state index in [2.05, 4.69) is 69.3 Å². The molecule has 1 aromatic carbocycles. The molecule has 0 aliphatic carbocycles. The van der Waals surface area contributed by atoms with E-state index < -0.39 is 0 Å². The lowest BCUT2D eigenvalue weighted by Gasteiger charge is -2.29. The van der Waals surface area contributed by atoms with Crippen LogP contribution in [0, 0.1) is 5.92 Å². The standard InChI is InChI=1S/C23H36N2/c1-21(2)9-7-10-22(3)14-16-25-19-17-24(18-20-25)15-8-13-23-11-5-4-6-12-23/h4-6,8-9,11-13,22H,7,10,14-20H2,1-3H3/p+2/b13-8+/t22-/m1/s1. The van der Waals surface area contributed by atoms with E-state index in [-0.39, 0.29) is 0 Å². The lowest BCUT2D eigenvalue weighted by Crippen LogP contribution is -3.28. The van der Waals surface area contributed by atoms with Gasteiger partial charge in [-0.2, -0.15) is 0 Å². The Hall–Kier alpha value is -1.38. The van der Waals surface area contributed by atoms with Crippen molar-refractivity contribution in [2.24, 2.45) is 5.92 Å². The minimum atomic E-state index is 0.863. The van der Waals surface area contributed by atoms with Gasteiger partial charge in [-0.1, -0.05) is 55.0 Å². The summed E-state index contributed by atoms with van der Waals surface area (Å²) in [5.74, 6) is 0.863. The first-order valence-corrected chi connectivity index (χ1v) is 10.2. The molecule has 0 spiro atoms. The number of rotatable bonds is 9. The highest BCUT2D eigenvalue weighted by molar-refractivity contribution is 5.48. The molecule has 0 saturated carbocycles. The summed E-state index contributed by atoms with van der Waals surface area (Å²) in [5.41, 5.74) is 2.77. The average molecular weight is 343 g/mol. The molecule has 0 unspecified atom stereocenters. The van der Waals surface area contributed by atoms with Gasteiger partial charge in [0, 0.05) is 0 Å². The summed E-state index contributed by atoms with van der Waals surface area (Å²) in [7, 11) is 0. The van der Waals surface area contributed by atoms with Crippen LogP contribution in [0.1, 0.15) is 45.6 Å². The molecule has 0 amide bonds. The Labute approximate surface area is 155 Å². The van der Waals surface area contributed by atoms with E-state index in [1.165, 1.54) is 69.7 Å². The molecule has 1 heterocycles. The Bertz CT molecular complexity index is 520. The lowest BCUT2D eigenvalue weighted by molar-refractivity contribution is -1.01. The van der Waals surface area contributed by atoms with Crippen LogP contribution >= 0.6 is 0 Å². The minimum absolute atomic E-state index is 0.863. The Morgan fingerprint density at radius 2 is 1.68 bits per heavy atom. The van der Waals surface area contributed by atoms with E-state index in [0.717, 1.165) is 5.92 Å². The molecule has 1 saturated heterocycles. The predicted molar refractivity (Wildman–Crippen MR) is 109 cm³/mol. The molecule has 2 rings (SSSR count). The molecule has 0 bridgehead atoms. The monoisotopic (exact) mass is 342 g/mol. The molecule has 1 aliphatic heterocycles. The molecule has 25 heavy (non-hydrogen) atoms. The quantitative estimate of drug-likeness (QED) is 0.637. The van der Waals surface area contributed by atoms with Gasteiger partial charge >= 0.3 is 0 Å². The number of allylic oxidation sites excluding steroid dienone is 2. The van der Waals surface area contributed by atoms with Crippen LogP contribution in [-0.4, -0.2) is 39.3 Å². The highest BCUT2D eigenvalue weighted by Gasteiger charge is 2.21. The maximum Gasteiger partial charge on any atom is 0.127 e. The van der Waals surface area contributed by atoms with Crippen molar-refractivity contribution < 1.29 is 9.80 Å². The maximum absolute atomic E-state index is 2.42. The molecule has 2 nitrogen and oxygen atoms in total. The van der Waals surface area contributed by atoms with E-state index in [4.69, 9.17) is 0 Å². The molecule has 1 fully saturated rings. The second-order valence-electron chi connectivity index (χ2n) is 8.02. The molecule has 0 radical (unpaired) electrons. The molecule has 138 valence electrons. The fraction of sp³-hybridized carbons (Fsp3) is 0.565. The number of piperazine rings is 1. The van der Waals surface area contributed by atoms with Crippen molar-refractivity contribution in [2.75, 3.05) is 39.3 Å². The first-order valence-electron chi connectivity index (χ1n) is 10.2. The third-order valence-corrected chi connectivity index (χ3v) is 5.38. The second kappa shape index (κ2) is 11.3. The number of hydrogen-bond donors (Lipinski definition) is 2. The van der Waals surface area contributed by atoms with Crippen LogP contribution in [0.3, 0.4) is 0 Å². The van der Waals surface area contributed by atoms with E-state index in [1.54, 1.807) is 4.90 Å². The smallest absolute Gasteiger partial charge is 0.127 e. The Kier molecular flexibility index (Phi) is 8.99. The minimum Gasteiger partial charge on any atom is -0.326 e. The van der Waals surface area contributed by atoms with Crippen molar-refractivity contribution in [1.29, 1.82) is 0 Å². The lowest BCUT2D eigenvalue weighted by atomic mass is 10.0. The van der Waals surface area contributed by atoms with E-state index in [9.17, 15) is 0 Å². The van der Waals surface area contributed by atoms with Gasteiger partial charge in [-0.25, -0.2) is 0 Å². The van der Waals surface area contributed by atoms with Crippen LogP contribution in [0.5, 0.6) is 0 Å². The van der Waals surface area contributed by atoms with Crippen molar-refractivity contribution in [3.63, 3.8) is 0 Å². The number of hydrogen-bond acceptors (Lipinski definition) is 0. The zero-order valence-electron chi connectivity index (χ0n) is 16.6. The average Bonchev–Trinajstić information content (AvgIpc) is 2.62. The molecule has 1 atom stereocenters. The van der Waals surface area contributed by atoms with Crippen LogP contribution in [0.4, 0.5) is 0 Å². The highest BCUT2D eigenvalue weighted by atomic mass is 15.3. The third-order valence-electron chi connectivity index (χ3n) is 5.38. The summed E-state index contributed by atoms with van der Waals surface area (Å²) in [4.78, 5) is 3.57. The Morgan fingerprint density at radius 3 is 2.36 bits per heavy atom. The van der Waals surface area contributed by atoms with Crippen LogP contribution in [0.25, 0.3) is 6.08 Å². The highest BCUT2D eigenvalue weighted by Crippen LogP contribution is 2.10. The van der Waals surface area contributed by atoms with Crippen LogP contribution in [0.15, 0.2) is 48.1 Å². The molecule has 1 aromatic rings. The Balaban J connectivity index is 1.58. The first-order chi connectivity index (χ1) is 12.1. The van der Waals surface area contributed by atoms with E-state index in [1.807, 2.05) is 4.90 Å². The normalized spacial score (nSPS) is 22.0. The molecular weight excluding hydrogens is 304 g/mol. The molecule has 0 aromatic heterocycles. The van der Waals surface area contributed by atoms with E-state index >= 15 is 0 Å². The predicted octanol–water partition coefficient (Wildman–Crippen LogP) is 2.26. The second-order valence-corrected chi connectivity index (χ2v) is 8.02. The summed E-state index contributed by atoms with van der Waals surface area (Å²) in [5, 5.41) is 0. The van der Waals surface area contributed by atoms with Gasteiger partial charge in [-0.15, -0.1) is 0 Å². The summed E-state index contributed by atoms with van der Waals surface area (Å²) in [6.07, 6.45) is 11.0. The van der Waals surface area contributed by atoms with Crippen molar-refractivity contribution in [1.82, 2.24) is 0 Å². The van der Waals surface area contributed by atoms with Crippen molar-refractivity contribution in [3.05, 3.63) is 53.6 Å². The van der Waals surface area contributed by atoms with Gasteiger partial charge in [-0.05, 0) is 50.7 Å². The van der Waals surface area contributed by atoms with Crippen molar-refractivity contribution in [3.8, 4) is 0 Å². The topological polar surface area (TPSA) is 8.88 Å². The largest absolute Gasteiger partial charge is 0.326 e. The molecule has 2 heteroatoms. The van der Waals surface area contributed by atoms with Crippen molar-refractivity contribution in [2.45, 2.75) is 40.0 Å². The molecule has 1 aliphatic rings. The fourth-order valence-corrected chi connectivity index (χ4v) is 3.59. The zero-order valence-corrected chi connectivity index (χ0v) is 16.6. The van der Waals surface area contributed by atoms with Crippen LogP contribution < -0.4 is 9.80 Å². The van der Waals surface area contributed by atoms with Crippen LogP contribution in [-0.2, 0) is 0 Å². The van der Waals surface area contributed by atoms with Gasteiger partial charge in [0.15, 0.2) is 0 Å². The van der Waals surface area contributed by atoms with E-state index in [0.29, 0.717) is 0 Å². The van der Waals surface area contributed by atoms with Crippen molar-refractivity contribution >= 4 is 6.08 Å². The molecule has 2 N–H and O–H groups in total. The fourth-order valence-electron chi connectivity index (χ4n) is 3.59. The maximum atomic E-state index is 2.42. The van der Waals surface area contributed by atoms with Gasteiger partial charge in [0.05, 0.1) is 13.1 Å². The SMILES string of the molecule is CC(C)=CCC[C@@H](C)CC[NH+]1CC[NH+](C/C=C/c2ccccc2)CC1. The first kappa shape index (κ1) is 19.9. The number of benzene rings is 1. The summed E-state index contributed by atoms with van der Waals surface area (Å²) in [6, 6.07) is 10.6. The van der Waals surface area contributed by atoms with Crippen LogP contribution in [0.2, 0.25) is 0 Å². The van der Waals surface area contributed by atoms with Gasteiger partial charge < -0.3 is 9.80 Å². The number of nitrogens with one attached hydrogen (secondary N) is 2. The Morgan fingerprint density at radius 1 is 1.00 bits per heavy atom. The summed E-state index contributed by atoms with van der Waals surface area (Å²) in [6.45, 7) is 14.7. The van der Waals surface area contributed by atoms with Gasteiger partial charge in [0.1, 0.15) is 26.2 Å². The summed E-state index contributed by atoms with van der Waals surface area (Å²) >= 11 is 0. The number of quaternary nitrogens is 2.